The highest BCUT2D eigenvalue weighted by Gasteiger charge is 2.45. The number of fused-ring (bicyclic) bond motifs is 1. The zero-order valence-corrected chi connectivity index (χ0v) is 17.2. The lowest BCUT2D eigenvalue weighted by Gasteiger charge is -2.21. The van der Waals surface area contributed by atoms with Crippen molar-refractivity contribution in [2.75, 3.05) is 32.8 Å². The second kappa shape index (κ2) is 9.58. The number of nitrogens with zero attached hydrogens (tertiary/aromatic N) is 3. The number of carbonyl (C=O) groups excluding carboxylic acids is 1. The zero-order chi connectivity index (χ0) is 21.9. The number of aryl methyl sites for hydroxylation is 1. The van der Waals surface area contributed by atoms with Crippen molar-refractivity contribution in [1.82, 2.24) is 14.9 Å². The highest BCUT2D eigenvalue weighted by atomic mass is 32.1. The van der Waals surface area contributed by atoms with Crippen LogP contribution in [0.15, 0.2) is 5.51 Å². The van der Waals surface area contributed by atoms with Crippen LogP contribution in [0.5, 0.6) is 0 Å². The fraction of sp³-hybridized carbons (Fsp3) is 0.722. The third-order valence-electron chi connectivity index (χ3n) is 5.44. The Hall–Kier alpha value is -1.76. The number of thiazole rings is 1. The molecule has 0 bridgehead atoms. The van der Waals surface area contributed by atoms with E-state index in [0.717, 1.165) is 38.3 Å². The summed E-state index contributed by atoms with van der Waals surface area (Å²) in [5, 5.41) is 8.67. The molecule has 1 amide bonds. The lowest BCUT2D eigenvalue weighted by Crippen LogP contribution is -2.31. The van der Waals surface area contributed by atoms with Crippen molar-refractivity contribution in [3.63, 3.8) is 0 Å². The quantitative estimate of drug-likeness (QED) is 0.749. The van der Waals surface area contributed by atoms with Crippen LogP contribution < -0.4 is 0 Å². The van der Waals surface area contributed by atoms with Crippen molar-refractivity contribution in [2.24, 2.45) is 11.8 Å². The van der Waals surface area contributed by atoms with Crippen molar-refractivity contribution in [3.05, 3.63) is 16.1 Å². The first-order valence-electron chi connectivity index (χ1n) is 9.61. The number of hydrogen-bond acceptors (Lipinski definition) is 7. The van der Waals surface area contributed by atoms with Crippen LogP contribution >= 0.6 is 11.3 Å². The summed E-state index contributed by atoms with van der Waals surface area (Å²) in [5.74, 6) is -1.85. The number of aliphatic carboxylic acids is 1. The Morgan fingerprint density at radius 2 is 2.10 bits per heavy atom. The van der Waals surface area contributed by atoms with E-state index >= 15 is 0 Å². The van der Waals surface area contributed by atoms with Crippen LogP contribution in [0.3, 0.4) is 0 Å². The number of alkyl halides is 3. The van der Waals surface area contributed by atoms with Crippen molar-refractivity contribution < 1.29 is 37.4 Å². The highest BCUT2D eigenvalue weighted by Crippen LogP contribution is 2.37. The number of likely N-dealkylation sites (tertiary alicyclic amines) is 1. The molecule has 0 aromatic carbocycles. The van der Waals surface area contributed by atoms with Gasteiger partial charge in [-0.3, -0.25) is 14.5 Å². The van der Waals surface area contributed by atoms with Crippen molar-refractivity contribution >= 4 is 23.2 Å². The molecule has 1 N–H and O–H groups in total. The summed E-state index contributed by atoms with van der Waals surface area (Å²) in [6.45, 7) is 7.10. The molecule has 3 atom stereocenters. The van der Waals surface area contributed by atoms with Gasteiger partial charge in [0.1, 0.15) is 0 Å². The summed E-state index contributed by atoms with van der Waals surface area (Å²) in [6, 6.07) is 0. The third kappa shape index (κ3) is 5.68. The molecule has 30 heavy (non-hydrogen) atoms. The monoisotopic (exact) mass is 451 g/mol. The van der Waals surface area contributed by atoms with Gasteiger partial charge in [0.2, 0.25) is 5.91 Å². The molecular formula is C18H24F3N3O5S. The molecule has 8 nitrogen and oxygen atoms in total. The van der Waals surface area contributed by atoms with Gasteiger partial charge in [0.25, 0.3) is 0 Å². The van der Waals surface area contributed by atoms with Gasteiger partial charge in [-0.25, -0.2) is 14.8 Å². The molecule has 3 aliphatic heterocycles. The minimum atomic E-state index is -5.08. The minimum absolute atomic E-state index is 0.119. The molecule has 3 aliphatic rings. The Balaban J connectivity index is 0.000000318. The van der Waals surface area contributed by atoms with Gasteiger partial charge in [0.15, 0.2) is 0 Å². The number of carboxylic acid groups (broad SMARTS) is 1. The molecule has 1 aromatic rings. The molecule has 12 heteroatoms. The van der Waals surface area contributed by atoms with Gasteiger partial charge in [0, 0.05) is 36.9 Å². The maximum atomic E-state index is 12.3. The van der Waals surface area contributed by atoms with Crippen LogP contribution in [0.1, 0.15) is 23.4 Å². The number of hydrogen-bond donors (Lipinski definition) is 1. The fourth-order valence-electron chi connectivity index (χ4n) is 3.87. The molecule has 4 rings (SSSR count). The van der Waals surface area contributed by atoms with E-state index in [-0.39, 0.29) is 12.0 Å². The third-order valence-corrected chi connectivity index (χ3v) is 6.36. The van der Waals surface area contributed by atoms with Gasteiger partial charge in [-0.05, 0) is 19.3 Å². The number of rotatable bonds is 4. The topological polar surface area (TPSA) is 92.2 Å². The van der Waals surface area contributed by atoms with E-state index < -0.39 is 12.1 Å². The minimum Gasteiger partial charge on any atom is -0.475 e. The summed E-state index contributed by atoms with van der Waals surface area (Å²) in [5.41, 5.74) is 3.04. The molecular weight excluding hydrogens is 427 g/mol. The normalized spacial score (nSPS) is 26.4. The van der Waals surface area contributed by atoms with Crippen LogP contribution in [-0.4, -0.2) is 77.1 Å². The molecule has 4 heterocycles. The van der Waals surface area contributed by atoms with E-state index in [4.69, 9.17) is 19.5 Å². The number of carboxylic acids is 1. The largest absolute Gasteiger partial charge is 0.490 e. The highest BCUT2D eigenvalue weighted by molar-refractivity contribution is 7.09. The van der Waals surface area contributed by atoms with E-state index in [1.165, 1.54) is 4.88 Å². The molecule has 168 valence electrons. The number of ether oxygens (including phenoxy) is 1. The molecule has 0 saturated carbocycles. The lowest BCUT2D eigenvalue weighted by atomic mass is 9.90. The summed E-state index contributed by atoms with van der Waals surface area (Å²) in [6.07, 6.45) is -3.31. The number of aromatic nitrogens is 1. The van der Waals surface area contributed by atoms with Crippen molar-refractivity contribution in [2.45, 2.75) is 38.6 Å². The van der Waals surface area contributed by atoms with E-state index in [0.29, 0.717) is 31.5 Å². The van der Waals surface area contributed by atoms with Gasteiger partial charge >= 0.3 is 12.1 Å². The molecule has 0 radical (unpaired) electrons. The van der Waals surface area contributed by atoms with E-state index in [2.05, 4.69) is 16.8 Å². The van der Waals surface area contributed by atoms with E-state index in [1.807, 2.05) is 5.51 Å². The van der Waals surface area contributed by atoms with Gasteiger partial charge in [-0.15, -0.1) is 11.3 Å². The number of amides is 1. The molecule has 0 unspecified atom stereocenters. The Labute approximate surface area is 175 Å². The van der Waals surface area contributed by atoms with Gasteiger partial charge in [-0.2, -0.15) is 13.2 Å². The predicted octanol–water partition coefficient (Wildman–Crippen LogP) is 2.09. The Morgan fingerprint density at radius 3 is 2.67 bits per heavy atom. The molecule has 3 fully saturated rings. The average Bonchev–Trinajstić information content (AvgIpc) is 3.43. The van der Waals surface area contributed by atoms with Crippen LogP contribution in [0, 0.1) is 18.8 Å². The first-order valence-corrected chi connectivity index (χ1v) is 10.5. The van der Waals surface area contributed by atoms with Crippen molar-refractivity contribution in [1.29, 1.82) is 0 Å². The maximum absolute atomic E-state index is 12.3. The smallest absolute Gasteiger partial charge is 0.475 e. The van der Waals surface area contributed by atoms with Gasteiger partial charge in [0.05, 0.1) is 37.1 Å². The molecule has 0 aliphatic carbocycles. The zero-order valence-electron chi connectivity index (χ0n) is 16.4. The van der Waals surface area contributed by atoms with Crippen LogP contribution in [0.2, 0.25) is 0 Å². The standard InChI is InChI=1S/C16H23N3O3S.C2HF3O2/c1-11-15(23-10-17-11)8-18-6-13-12(9-21-14(13)7-18)5-16(20)19-3-2-4-22-19;3-2(4,5)1(6)7/h10,12-14H,2-9H2,1H3;(H,6,7)/t12-,13-,14-;/m1./s1. The van der Waals surface area contributed by atoms with E-state index in [1.54, 1.807) is 16.4 Å². The number of hydroxylamine groups is 2. The SMILES string of the molecule is Cc1ncsc1CN1C[C@@H]2[C@H](CC(=O)N3CCCO3)CO[C@@H]2C1.O=C(O)C(F)(F)F. The molecule has 3 saturated heterocycles. The summed E-state index contributed by atoms with van der Waals surface area (Å²) in [4.78, 5) is 34.7. The molecule has 0 spiro atoms. The Morgan fingerprint density at radius 1 is 1.37 bits per heavy atom. The number of carbonyl (C=O) groups is 2. The first kappa shape index (κ1) is 22.9. The fourth-order valence-corrected chi connectivity index (χ4v) is 4.69. The predicted molar refractivity (Wildman–Crippen MR) is 99.4 cm³/mol. The summed E-state index contributed by atoms with van der Waals surface area (Å²) >= 11 is 1.72. The van der Waals surface area contributed by atoms with Crippen LogP contribution in [0.25, 0.3) is 0 Å². The Kier molecular flexibility index (Phi) is 7.32. The van der Waals surface area contributed by atoms with Gasteiger partial charge in [-0.1, -0.05) is 0 Å². The lowest BCUT2D eigenvalue weighted by molar-refractivity contribution is -0.192. The van der Waals surface area contributed by atoms with Crippen molar-refractivity contribution in [3.8, 4) is 0 Å². The van der Waals surface area contributed by atoms with E-state index in [9.17, 15) is 18.0 Å². The van der Waals surface area contributed by atoms with Crippen LogP contribution in [-0.2, 0) is 25.7 Å². The second-order valence-corrected chi connectivity index (χ2v) is 8.48. The number of halogens is 3. The van der Waals surface area contributed by atoms with Gasteiger partial charge < -0.3 is 9.84 Å². The molecule has 1 aromatic heterocycles. The second-order valence-electron chi connectivity index (χ2n) is 7.54. The Bertz CT molecular complexity index is 754. The van der Waals surface area contributed by atoms with Crippen LogP contribution in [0.4, 0.5) is 13.2 Å². The summed E-state index contributed by atoms with van der Waals surface area (Å²) in [7, 11) is 0. The average molecular weight is 451 g/mol. The summed E-state index contributed by atoms with van der Waals surface area (Å²) < 4.78 is 37.7. The first-order chi connectivity index (χ1) is 14.1. The maximum Gasteiger partial charge on any atom is 0.490 e.